The highest BCUT2D eigenvalue weighted by Gasteiger charge is 2.20. The summed E-state index contributed by atoms with van der Waals surface area (Å²) in [5, 5.41) is 10.5. The number of carboxylic acid groups (broad SMARTS) is 1. The molecule has 27 heavy (non-hydrogen) atoms. The smallest absolute Gasteiger partial charge is 0.479 e. The van der Waals surface area contributed by atoms with Gasteiger partial charge in [-0.3, -0.25) is 0 Å². The van der Waals surface area contributed by atoms with E-state index in [-0.39, 0.29) is 24.9 Å². The molecule has 1 atom stereocenters. The summed E-state index contributed by atoms with van der Waals surface area (Å²) in [4.78, 5) is 23.1. The molecule has 0 saturated heterocycles. The number of hydrogen-bond acceptors (Lipinski definition) is 4. The Balaban J connectivity index is 1.85. The zero-order valence-corrected chi connectivity index (χ0v) is 15.2. The van der Waals surface area contributed by atoms with Crippen LogP contribution in [0.3, 0.4) is 0 Å². The van der Waals surface area contributed by atoms with Crippen molar-refractivity contribution in [2.75, 3.05) is 0 Å². The van der Waals surface area contributed by atoms with Gasteiger partial charge in [0.2, 0.25) is 0 Å². The molecule has 0 aliphatic heterocycles. The van der Waals surface area contributed by atoms with Gasteiger partial charge in [0.1, 0.15) is 18.1 Å². The molecule has 0 spiro atoms. The molecule has 0 aliphatic rings. The van der Waals surface area contributed by atoms with Gasteiger partial charge in [0, 0.05) is 18.6 Å². The number of rotatable bonds is 8. The van der Waals surface area contributed by atoms with Gasteiger partial charge in [0.05, 0.1) is 6.10 Å². The molecule has 7 heteroatoms. The summed E-state index contributed by atoms with van der Waals surface area (Å²) in [5.41, 5.74) is 2.15. The second-order valence-corrected chi connectivity index (χ2v) is 6.34. The third-order valence-electron chi connectivity index (χ3n) is 3.69. The molecular formula is C20H23FNO5+. The maximum Gasteiger partial charge on any atom is 0.518 e. The first kappa shape index (κ1) is 20.5. The van der Waals surface area contributed by atoms with Gasteiger partial charge in [-0.25, -0.2) is 14.5 Å². The van der Waals surface area contributed by atoms with Crippen molar-refractivity contribution >= 4 is 17.7 Å². The standard InChI is InChI=1S/C20H22FNO5/c1-13(2)27-18(19(23)24)11-14-3-5-15(6-4-14)12-26-20(25)22-17-9-7-16(21)8-10-17/h3-10,13,18H,11-12H2,1-2H3,(H,22,25)(H,23,24)/p+1. The van der Waals surface area contributed by atoms with Crippen LogP contribution in [0.25, 0.3) is 0 Å². The molecule has 0 saturated carbocycles. The van der Waals surface area contributed by atoms with E-state index in [1.165, 1.54) is 29.6 Å². The van der Waals surface area contributed by atoms with Crippen LogP contribution in [0.2, 0.25) is 0 Å². The Morgan fingerprint density at radius 3 is 2.19 bits per heavy atom. The van der Waals surface area contributed by atoms with E-state index in [4.69, 9.17) is 9.47 Å². The first-order valence-electron chi connectivity index (χ1n) is 8.56. The van der Waals surface area contributed by atoms with Gasteiger partial charge in [-0.2, -0.15) is 4.79 Å². The normalized spacial score (nSPS) is 12.0. The van der Waals surface area contributed by atoms with Crippen LogP contribution in [0.4, 0.5) is 14.9 Å². The summed E-state index contributed by atoms with van der Waals surface area (Å²) in [7, 11) is 0. The van der Waals surface area contributed by atoms with Crippen molar-refractivity contribution in [2.45, 2.75) is 39.1 Å². The number of amides is 1. The Bertz CT molecular complexity index is 759. The molecule has 2 aromatic carbocycles. The Hall–Kier alpha value is -2.77. The number of ether oxygens (including phenoxy) is 2. The summed E-state index contributed by atoms with van der Waals surface area (Å²) in [6, 6.07) is 12.6. The number of benzene rings is 2. The highest BCUT2D eigenvalue weighted by atomic mass is 19.1. The number of quaternary nitrogens is 1. The first-order valence-corrected chi connectivity index (χ1v) is 8.56. The van der Waals surface area contributed by atoms with Gasteiger partial charge in [-0.15, -0.1) is 0 Å². The summed E-state index contributed by atoms with van der Waals surface area (Å²) in [6.45, 7) is 3.66. The maximum atomic E-state index is 12.8. The second-order valence-electron chi connectivity index (χ2n) is 6.34. The van der Waals surface area contributed by atoms with Crippen LogP contribution in [0, 0.1) is 5.82 Å². The second kappa shape index (κ2) is 9.80. The summed E-state index contributed by atoms with van der Waals surface area (Å²) in [5.74, 6) is -1.37. The van der Waals surface area contributed by atoms with Crippen LogP contribution < -0.4 is 5.32 Å². The number of primary amides is 1. The number of aliphatic carboxylic acids is 1. The molecule has 0 aromatic heterocycles. The number of hydrogen-bond donors (Lipinski definition) is 2. The zero-order valence-electron chi connectivity index (χ0n) is 15.2. The first-order chi connectivity index (χ1) is 12.8. The van der Waals surface area contributed by atoms with Gasteiger partial charge in [0.15, 0.2) is 6.10 Å². The predicted octanol–water partition coefficient (Wildman–Crippen LogP) is 2.78. The third-order valence-corrected chi connectivity index (χ3v) is 3.69. The summed E-state index contributed by atoms with van der Waals surface area (Å²) >= 11 is 0. The lowest BCUT2D eigenvalue weighted by molar-refractivity contribution is -0.483. The highest BCUT2D eigenvalue weighted by Crippen LogP contribution is 2.11. The number of halogens is 1. The van der Waals surface area contributed by atoms with Crippen molar-refractivity contribution in [3.05, 3.63) is 65.5 Å². The van der Waals surface area contributed by atoms with Crippen molar-refractivity contribution in [3.8, 4) is 0 Å². The van der Waals surface area contributed by atoms with Gasteiger partial charge in [-0.1, -0.05) is 24.3 Å². The molecule has 3 N–H and O–H groups in total. The van der Waals surface area contributed by atoms with E-state index in [1.54, 1.807) is 38.1 Å². The molecule has 0 radical (unpaired) electrons. The van der Waals surface area contributed by atoms with E-state index in [1.807, 2.05) is 0 Å². The van der Waals surface area contributed by atoms with Gasteiger partial charge >= 0.3 is 12.1 Å². The largest absolute Gasteiger partial charge is 0.518 e. The molecule has 0 bridgehead atoms. The van der Waals surface area contributed by atoms with E-state index in [9.17, 15) is 19.1 Å². The number of carbonyl (C=O) groups excluding carboxylic acids is 1. The molecule has 144 valence electrons. The molecule has 1 amide bonds. The van der Waals surface area contributed by atoms with Crippen LogP contribution in [0.15, 0.2) is 48.5 Å². The maximum absolute atomic E-state index is 12.8. The van der Waals surface area contributed by atoms with Crippen LogP contribution in [-0.4, -0.2) is 29.4 Å². The van der Waals surface area contributed by atoms with Crippen LogP contribution in [0.5, 0.6) is 0 Å². The van der Waals surface area contributed by atoms with Crippen molar-refractivity contribution in [1.82, 2.24) is 0 Å². The van der Waals surface area contributed by atoms with Gasteiger partial charge in [0.25, 0.3) is 0 Å². The molecule has 1 unspecified atom stereocenters. The number of nitrogens with two attached hydrogens (primary N) is 1. The van der Waals surface area contributed by atoms with Crippen LogP contribution >= 0.6 is 0 Å². The minimum Gasteiger partial charge on any atom is -0.479 e. The topological polar surface area (TPSA) is 89.4 Å². The Morgan fingerprint density at radius 1 is 1.04 bits per heavy atom. The lowest BCUT2D eigenvalue weighted by Crippen LogP contribution is -2.82. The Labute approximate surface area is 156 Å². The van der Waals surface area contributed by atoms with E-state index in [0.29, 0.717) is 5.69 Å². The monoisotopic (exact) mass is 376 g/mol. The number of carboxylic acids is 1. The van der Waals surface area contributed by atoms with Crippen molar-refractivity contribution in [3.63, 3.8) is 0 Å². The highest BCUT2D eigenvalue weighted by molar-refractivity contribution is 5.72. The van der Waals surface area contributed by atoms with E-state index in [0.717, 1.165) is 11.1 Å². The average Bonchev–Trinajstić information content (AvgIpc) is 2.62. The Kier molecular flexibility index (Phi) is 7.45. The molecular weight excluding hydrogens is 353 g/mol. The fourth-order valence-corrected chi connectivity index (χ4v) is 2.40. The minimum absolute atomic E-state index is 0.0850. The quantitative estimate of drug-likeness (QED) is 0.692. The molecule has 0 heterocycles. The fourth-order valence-electron chi connectivity index (χ4n) is 2.40. The summed E-state index contributed by atoms with van der Waals surface area (Å²) in [6.07, 6.45) is -1.35. The van der Waals surface area contributed by atoms with Gasteiger partial charge < -0.3 is 14.6 Å². The SMILES string of the molecule is CC(C)OC(Cc1ccc(COC(=O)[NH2+]c2ccc(F)cc2)cc1)C(=O)O. The van der Waals surface area contributed by atoms with Crippen molar-refractivity contribution in [2.24, 2.45) is 0 Å². The van der Waals surface area contributed by atoms with E-state index in [2.05, 4.69) is 0 Å². The minimum atomic E-state index is -1.00. The van der Waals surface area contributed by atoms with Gasteiger partial charge in [-0.05, 0) is 37.1 Å². The van der Waals surface area contributed by atoms with Crippen LogP contribution in [-0.2, 0) is 27.3 Å². The molecule has 2 aromatic rings. The predicted molar refractivity (Wildman–Crippen MR) is 96.0 cm³/mol. The molecule has 2 rings (SSSR count). The molecule has 0 fully saturated rings. The average molecular weight is 376 g/mol. The lowest BCUT2D eigenvalue weighted by Gasteiger charge is -2.16. The summed E-state index contributed by atoms with van der Waals surface area (Å²) < 4.78 is 23.4. The van der Waals surface area contributed by atoms with Crippen LogP contribution in [0.1, 0.15) is 25.0 Å². The zero-order chi connectivity index (χ0) is 19.8. The van der Waals surface area contributed by atoms with E-state index >= 15 is 0 Å². The number of carbonyl (C=O) groups is 2. The van der Waals surface area contributed by atoms with Crippen molar-refractivity contribution < 1.29 is 33.9 Å². The fraction of sp³-hybridized carbons (Fsp3) is 0.300. The van der Waals surface area contributed by atoms with Crippen molar-refractivity contribution in [1.29, 1.82) is 0 Å². The molecule has 0 aliphatic carbocycles. The van der Waals surface area contributed by atoms with E-state index < -0.39 is 18.2 Å². The molecule has 6 nitrogen and oxygen atoms in total. The third kappa shape index (κ3) is 7.16. The lowest BCUT2D eigenvalue weighted by atomic mass is 10.1. The Morgan fingerprint density at radius 2 is 1.63 bits per heavy atom.